The molecule has 0 spiro atoms. The molecule has 0 fully saturated rings. The standard InChI is InChI=1S/C20H17N5O/c26-18(16-9-5-2-6-10-16)12-21-19-17-11-24-25(20(17)23-14-22-19)13-15-7-3-1-4-8-15/h1-11,14H,12-13H2,(H,21,22,23). The smallest absolute Gasteiger partial charge is 0.181 e. The third-order valence-corrected chi connectivity index (χ3v) is 4.12. The first-order valence-electron chi connectivity index (χ1n) is 8.34. The van der Waals surface area contributed by atoms with Crippen LogP contribution in [0.25, 0.3) is 11.0 Å². The van der Waals surface area contributed by atoms with Gasteiger partial charge in [-0.2, -0.15) is 5.10 Å². The fourth-order valence-electron chi connectivity index (χ4n) is 2.80. The van der Waals surface area contributed by atoms with Gasteiger partial charge in [0, 0.05) is 5.56 Å². The molecule has 1 N–H and O–H groups in total. The minimum Gasteiger partial charge on any atom is -0.362 e. The molecule has 4 rings (SSSR count). The van der Waals surface area contributed by atoms with Crippen molar-refractivity contribution in [3.63, 3.8) is 0 Å². The van der Waals surface area contributed by atoms with Gasteiger partial charge in [0.05, 0.1) is 24.7 Å². The summed E-state index contributed by atoms with van der Waals surface area (Å²) in [4.78, 5) is 20.9. The fourth-order valence-corrected chi connectivity index (χ4v) is 2.80. The van der Waals surface area contributed by atoms with Crippen LogP contribution < -0.4 is 5.32 Å². The monoisotopic (exact) mass is 343 g/mol. The first kappa shape index (κ1) is 16.0. The highest BCUT2D eigenvalue weighted by atomic mass is 16.1. The van der Waals surface area contributed by atoms with E-state index in [0.717, 1.165) is 16.6 Å². The summed E-state index contributed by atoms with van der Waals surface area (Å²) in [5.74, 6) is 0.618. The molecule has 0 saturated heterocycles. The molecule has 0 atom stereocenters. The van der Waals surface area contributed by atoms with Crippen molar-refractivity contribution >= 4 is 22.6 Å². The Kier molecular flexibility index (Phi) is 4.38. The van der Waals surface area contributed by atoms with E-state index in [0.29, 0.717) is 17.9 Å². The molecule has 0 aliphatic rings. The molecule has 0 radical (unpaired) electrons. The lowest BCUT2D eigenvalue weighted by Gasteiger charge is -2.07. The maximum absolute atomic E-state index is 12.3. The van der Waals surface area contributed by atoms with E-state index in [4.69, 9.17) is 0 Å². The van der Waals surface area contributed by atoms with Gasteiger partial charge in [0.25, 0.3) is 0 Å². The van der Waals surface area contributed by atoms with Crippen molar-refractivity contribution in [2.75, 3.05) is 11.9 Å². The zero-order valence-electron chi connectivity index (χ0n) is 14.0. The molecule has 6 heteroatoms. The van der Waals surface area contributed by atoms with Crippen LogP contribution in [0.5, 0.6) is 0 Å². The Morgan fingerprint density at radius 3 is 2.46 bits per heavy atom. The number of carbonyl (C=O) groups is 1. The van der Waals surface area contributed by atoms with E-state index in [-0.39, 0.29) is 12.3 Å². The number of rotatable bonds is 6. The minimum atomic E-state index is 0.00837. The van der Waals surface area contributed by atoms with E-state index < -0.39 is 0 Å². The fraction of sp³-hybridized carbons (Fsp3) is 0.100. The molecule has 128 valence electrons. The van der Waals surface area contributed by atoms with Gasteiger partial charge in [-0.3, -0.25) is 4.79 Å². The van der Waals surface area contributed by atoms with E-state index in [2.05, 4.69) is 20.4 Å². The van der Waals surface area contributed by atoms with Gasteiger partial charge in [0.1, 0.15) is 12.1 Å². The number of fused-ring (bicyclic) bond motifs is 1. The number of benzene rings is 2. The number of aromatic nitrogens is 4. The van der Waals surface area contributed by atoms with Crippen molar-refractivity contribution in [1.29, 1.82) is 0 Å². The lowest BCUT2D eigenvalue weighted by Crippen LogP contribution is -2.15. The van der Waals surface area contributed by atoms with Gasteiger partial charge in [0.15, 0.2) is 11.4 Å². The largest absolute Gasteiger partial charge is 0.362 e. The van der Waals surface area contributed by atoms with Gasteiger partial charge < -0.3 is 5.32 Å². The molecule has 6 nitrogen and oxygen atoms in total. The summed E-state index contributed by atoms with van der Waals surface area (Å²) in [7, 11) is 0. The maximum atomic E-state index is 12.3. The molecule has 0 saturated carbocycles. The molecule has 0 aliphatic heterocycles. The van der Waals surface area contributed by atoms with Gasteiger partial charge in [-0.15, -0.1) is 0 Å². The van der Waals surface area contributed by atoms with Crippen LogP contribution in [-0.2, 0) is 6.54 Å². The van der Waals surface area contributed by atoms with Crippen LogP contribution in [-0.4, -0.2) is 32.1 Å². The van der Waals surface area contributed by atoms with Gasteiger partial charge in [-0.25, -0.2) is 14.6 Å². The SMILES string of the molecule is O=C(CNc1ncnc2c1cnn2Cc1ccccc1)c1ccccc1. The highest BCUT2D eigenvalue weighted by Crippen LogP contribution is 2.19. The number of carbonyl (C=O) groups excluding carboxylic acids is 1. The Morgan fingerprint density at radius 1 is 0.962 bits per heavy atom. The number of ketones is 1. The van der Waals surface area contributed by atoms with Gasteiger partial charge in [0.2, 0.25) is 0 Å². The minimum absolute atomic E-state index is 0.00837. The summed E-state index contributed by atoms with van der Waals surface area (Å²) in [6, 6.07) is 19.3. The van der Waals surface area contributed by atoms with Crippen molar-refractivity contribution in [1.82, 2.24) is 19.7 Å². The number of hydrogen-bond donors (Lipinski definition) is 1. The molecule has 0 amide bonds. The number of Topliss-reactive ketones (excluding diaryl/α,β-unsaturated/α-hetero) is 1. The molecular weight excluding hydrogens is 326 g/mol. The Bertz CT molecular complexity index is 1030. The second kappa shape index (κ2) is 7.14. The number of nitrogens with zero attached hydrogens (tertiary/aromatic N) is 4. The lowest BCUT2D eigenvalue weighted by atomic mass is 10.1. The second-order valence-electron chi connectivity index (χ2n) is 5.89. The van der Waals surface area contributed by atoms with Crippen LogP contribution in [0.1, 0.15) is 15.9 Å². The number of nitrogens with one attached hydrogen (secondary N) is 1. The summed E-state index contributed by atoms with van der Waals surface area (Å²) in [6.07, 6.45) is 3.22. The van der Waals surface area contributed by atoms with E-state index in [1.807, 2.05) is 53.2 Å². The third kappa shape index (κ3) is 3.30. The normalized spacial score (nSPS) is 10.8. The molecule has 0 aliphatic carbocycles. The van der Waals surface area contributed by atoms with E-state index in [1.165, 1.54) is 6.33 Å². The summed E-state index contributed by atoms with van der Waals surface area (Å²) in [6.45, 7) is 0.795. The van der Waals surface area contributed by atoms with Crippen molar-refractivity contribution < 1.29 is 4.79 Å². The summed E-state index contributed by atoms with van der Waals surface area (Å²) in [5, 5.41) is 8.33. The zero-order chi connectivity index (χ0) is 17.8. The second-order valence-corrected chi connectivity index (χ2v) is 5.89. The first-order valence-corrected chi connectivity index (χ1v) is 8.34. The first-order chi connectivity index (χ1) is 12.8. The molecule has 2 heterocycles. The quantitative estimate of drug-likeness (QED) is 0.544. The van der Waals surface area contributed by atoms with E-state index in [1.54, 1.807) is 18.3 Å². The predicted molar refractivity (Wildman–Crippen MR) is 100 cm³/mol. The van der Waals surface area contributed by atoms with Crippen LogP contribution in [0.4, 0.5) is 5.82 Å². The zero-order valence-corrected chi connectivity index (χ0v) is 14.0. The van der Waals surface area contributed by atoms with Gasteiger partial charge in [-0.1, -0.05) is 60.7 Å². The Morgan fingerprint density at radius 2 is 1.69 bits per heavy atom. The van der Waals surface area contributed by atoms with Crippen LogP contribution in [0.2, 0.25) is 0 Å². The van der Waals surface area contributed by atoms with Gasteiger partial charge >= 0.3 is 0 Å². The summed E-state index contributed by atoms with van der Waals surface area (Å²) in [5.41, 5.74) is 2.55. The highest BCUT2D eigenvalue weighted by Gasteiger charge is 2.11. The third-order valence-electron chi connectivity index (χ3n) is 4.12. The van der Waals surface area contributed by atoms with Crippen LogP contribution >= 0.6 is 0 Å². The van der Waals surface area contributed by atoms with Crippen molar-refractivity contribution in [2.24, 2.45) is 0 Å². The lowest BCUT2D eigenvalue weighted by molar-refractivity contribution is 0.101. The molecule has 0 unspecified atom stereocenters. The van der Waals surface area contributed by atoms with Crippen molar-refractivity contribution in [2.45, 2.75) is 6.54 Å². The van der Waals surface area contributed by atoms with Crippen molar-refractivity contribution in [3.05, 3.63) is 84.3 Å². The average Bonchev–Trinajstić information content (AvgIpc) is 3.11. The predicted octanol–water partition coefficient (Wildman–Crippen LogP) is 3.17. The van der Waals surface area contributed by atoms with Crippen LogP contribution in [0.15, 0.2) is 73.2 Å². The maximum Gasteiger partial charge on any atom is 0.181 e. The van der Waals surface area contributed by atoms with E-state index >= 15 is 0 Å². The molecule has 2 aromatic heterocycles. The topological polar surface area (TPSA) is 72.7 Å². The average molecular weight is 343 g/mol. The number of anilines is 1. The highest BCUT2D eigenvalue weighted by molar-refractivity contribution is 5.99. The molecular formula is C20H17N5O. The Balaban J connectivity index is 1.54. The molecule has 4 aromatic rings. The molecule has 26 heavy (non-hydrogen) atoms. The molecule has 2 aromatic carbocycles. The van der Waals surface area contributed by atoms with Crippen LogP contribution in [0, 0.1) is 0 Å². The number of hydrogen-bond acceptors (Lipinski definition) is 5. The van der Waals surface area contributed by atoms with E-state index in [9.17, 15) is 4.79 Å². The summed E-state index contributed by atoms with van der Waals surface area (Å²) < 4.78 is 1.83. The van der Waals surface area contributed by atoms with Crippen LogP contribution in [0.3, 0.4) is 0 Å². The van der Waals surface area contributed by atoms with Crippen molar-refractivity contribution in [3.8, 4) is 0 Å². The molecule has 0 bridgehead atoms. The Labute approximate surface area is 150 Å². The van der Waals surface area contributed by atoms with Gasteiger partial charge in [-0.05, 0) is 5.56 Å². The Hall–Kier alpha value is -3.54. The summed E-state index contributed by atoms with van der Waals surface area (Å²) >= 11 is 0.